The molecule has 1 aliphatic heterocycles. The van der Waals surface area contributed by atoms with Crippen LogP contribution in [-0.2, 0) is 0 Å². The second kappa shape index (κ2) is 2.08. The van der Waals surface area contributed by atoms with Crippen LogP contribution in [0.4, 0.5) is 11.6 Å². The molecular weight excluding hydrogens is 140 g/mol. The molecule has 4 heteroatoms. The lowest BCUT2D eigenvalue weighted by atomic mass is 10.1. The van der Waals surface area contributed by atoms with Crippen LogP contribution in [0.1, 0.15) is 18.4 Å². The molecule has 4 nitrogen and oxygen atoms in total. The minimum absolute atomic E-state index is 0.436. The SMILES string of the molecule is CC1CNc2ncnc(N)c21. The van der Waals surface area contributed by atoms with E-state index < -0.39 is 0 Å². The number of anilines is 2. The van der Waals surface area contributed by atoms with E-state index in [-0.39, 0.29) is 0 Å². The summed E-state index contributed by atoms with van der Waals surface area (Å²) in [5, 5.41) is 3.16. The molecule has 2 rings (SSSR count). The molecule has 2 heterocycles. The van der Waals surface area contributed by atoms with Crippen molar-refractivity contribution in [2.45, 2.75) is 12.8 Å². The number of nitrogens with zero attached hydrogens (tertiary/aromatic N) is 2. The van der Waals surface area contributed by atoms with Gasteiger partial charge in [0.05, 0.1) is 0 Å². The van der Waals surface area contributed by atoms with Gasteiger partial charge in [-0.1, -0.05) is 6.92 Å². The number of nitrogens with one attached hydrogen (secondary N) is 1. The summed E-state index contributed by atoms with van der Waals surface area (Å²) in [6.45, 7) is 3.02. The van der Waals surface area contributed by atoms with Crippen LogP contribution in [0.5, 0.6) is 0 Å². The van der Waals surface area contributed by atoms with Gasteiger partial charge in [-0.15, -0.1) is 0 Å². The van der Waals surface area contributed by atoms with Crippen LogP contribution >= 0.6 is 0 Å². The third-order valence-corrected chi connectivity index (χ3v) is 1.98. The largest absolute Gasteiger partial charge is 0.383 e. The normalized spacial score (nSPS) is 21.0. The molecule has 1 unspecified atom stereocenters. The van der Waals surface area contributed by atoms with Crippen LogP contribution in [0.25, 0.3) is 0 Å². The molecule has 0 spiro atoms. The van der Waals surface area contributed by atoms with Crippen LogP contribution in [0, 0.1) is 0 Å². The van der Waals surface area contributed by atoms with Crippen molar-refractivity contribution in [1.29, 1.82) is 0 Å². The third-order valence-electron chi connectivity index (χ3n) is 1.98. The highest BCUT2D eigenvalue weighted by Gasteiger charge is 2.21. The van der Waals surface area contributed by atoms with E-state index in [4.69, 9.17) is 5.73 Å². The number of rotatable bonds is 0. The highest BCUT2D eigenvalue weighted by atomic mass is 15.1. The first-order valence-corrected chi connectivity index (χ1v) is 3.63. The molecule has 1 atom stereocenters. The summed E-state index contributed by atoms with van der Waals surface area (Å²) in [4.78, 5) is 8.00. The number of hydrogen-bond donors (Lipinski definition) is 2. The first-order valence-electron chi connectivity index (χ1n) is 3.63. The Kier molecular flexibility index (Phi) is 1.21. The Morgan fingerprint density at radius 3 is 3.18 bits per heavy atom. The topological polar surface area (TPSA) is 63.8 Å². The fraction of sp³-hybridized carbons (Fsp3) is 0.429. The Morgan fingerprint density at radius 2 is 2.45 bits per heavy atom. The van der Waals surface area contributed by atoms with E-state index in [1.165, 1.54) is 6.33 Å². The van der Waals surface area contributed by atoms with Crippen molar-refractivity contribution in [3.63, 3.8) is 0 Å². The van der Waals surface area contributed by atoms with Crippen molar-refractivity contribution in [2.75, 3.05) is 17.6 Å². The van der Waals surface area contributed by atoms with Gasteiger partial charge in [-0.2, -0.15) is 0 Å². The lowest BCUT2D eigenvalue weighted by molar-refractivity contribution is 0.852. The fourth-order valence-corrected chi connectivity index (χ4v) is 1.39. The van der Waals surface area contributed by atoms with Crippen LogP contribution in [0.15, 0.2) is 6.33 Å². The van der Waals surface area contributed by atoms with Crippen LogP contribution in [0.2, 0.25) is 0 Å². The zero-order valence-corrected chi connectivity index (χ0v) is 6.33. The Balaban J connectivity index is 2.58. The van der Waals surface area contributed by atoms with Crippen LogP contribution < -0.4 is 11.1 Å². The van der Waals surface area contributed by atoms with Crippen molar-refractivity contribution >= 4 is 11.6 Å². The van der Waals surface area contributed by atoms with Crippen LogP contribution in [0.3, 0.4) is 0 Å². The van der Waals surface area contributed by atoms with E-state index in [2.05, 4.69) is 22.2 Å². The van der Waals surface area contributed by atoms with Crippen molar-refractivity contribution < 1.29 is 0 Å². The van der Waals surface area contributed by atoms with Crippen molar-refractivity contribution in [3.05, 3.63) is 11.9 Å². The quantitative estimate of drug-likeness (QED) is 0.568. The summed E-state index contributed by atoms with van der Waals surface area (Å²) >= 11 is 0. The zero-order valence-electron chi connectivity index (χ0n) is 6.33. The molecule has 3 N–H and O–H groups in total. The molecule has 0 saturated heterocycles. The first kappa shape index (κ1) is 6.39. The van der Waals surface area contributed by atoms with E-state index >= 15 is 0 Å². The minimum Gasteiger partial charge on any atom is -0.383 e. The molecule has 0 aliphatic carbocycles. The summed E-state index contributed by atoms with van der Waals surface area (Å²) in [5.74, 6) is 1.93. The van der Waals surface area contributed by atoms with Gasteiger partial charge in [0, 0.05) is 18.0 Å². The summed E-state index contributed by atoms with van der Waals surface area (Å²) < 4.78 is 0. The number of aromatic nitrogens is 2. The van der Waals surface area contributed by atoms with Crippen molar-refractivity contribution in [1.82, 2.24) is 9.97 Å². The van der Waals surface area contributed by atoms with E-state index in [1.54, 1.807) is 0 Å². The number of nitrogen functional groups attached to an aromatic ring is 1. The maximum Gasteiger partial charge on any atom is 0.135 e. The average molecular weight is 150 g/mol. The summed E-state index contributed by atoms with van der Waals surface area (Å²) in [7, 11) is 0. The molecule has 0 aromatic carbocycles. The van der Waals surface area contributed by atoms with Gasteiger partial charge in [-0.05, 0) is 0 Å². The highest BCUT2D eigenvalue weighted by molar-refractivity contribution is 5.60. The van der Waals surface area contributed by atoms with Crippen molar-refractivity contribution in [3.8, 4) is 0 Å². The molecule has 0 saturated carbocycles. The minimum atomic E-state index is 0.436. The van der Waals surface area contributed by atoms with Gasteiger partial charge in [-0.25, -0.2) is 9.97 Å². The van der Waals surface area contributed by atoms with Crippen molar-refractivity contribution in [2.24, 2.45) is 0 Å². The van der Waals surface area contributed by atoms with Gasteiger partial charge in [0.15, 0.2) is 0 Å². The molecule has 0 bridgehead atoms. The number of nitrogens with two attached hydrogens (primary N) is 1. The smallest absolute Gasteiger partial charge is 0.135 e. The highest BCUT2D eigenvalue weighted by Crippen LogP contribution is 2.31. The summed E-state index contributed by atoms with van der Waals surface area (Å²) in [6, 6.07) is 0. The summed E-state index contributed by atoms with van der Waals surface area (Å²) in [5.41, 5.74) is 6.73. The Labute approximate surface area is 64.8 Å². The van der Waals surface area contributed by atoms with E-state index in [9.17, 15) is 0 Å². The van der Waals surface area contributed by atoms with Gasteiger partial charge >= 0.3 is 0 Å². The first-order chi connectivity index (χ1) is 5.29. The Hall–Kier alpha value is -1.32. The monoisotopic (exact) mass is 150 g/mol. The Morgan fingerprint density at radius 1 is 1.64 bits per heavy atom. The summed E-state index contributed by atoms with van der Waals surface area (Å²) in [6.07, 6.45) is 1.49. The van der Waals surface area contributed by atoms with E-state index in [0.717, 1.165) is 17.9 Å². The lowest BCUT2D eigenvalue weighted by Crippen LogP contribution is -1.99. The van der Waals surface area contributed by atoms with Gasteiger partial charge < -0.3 is 11.1 Å². The van der Waals surface area contributed by atoms with Gasteiger partial charge in [0.1, 0.15) is 18.0 Å². The van der Waals surface area contributed by atoms with Crippen LogP contribution in [-0.4, -0.2) is 16.5 Å². The molecule has 1 aliphatic rings. The second-order valence-electron chi connectivity index (χ2n) is 2.80. The molecular formula is C7H10N4. The van der Waals surface area contributed by atoms with Gasteiger partial charge in [0.25, 0.3) is 0 Å². The van der Waals surface area contributed by atoms with Gasteiger partial charge in [0.2, 0.25) is 0 Å². The predicted molar refractivity (Wildman–Crippen MR) is 43.3 cm³/mol. The molecule has 0 fully saturated rings. The maximum absolute atomic E-state index is 5.67. The molecule has 0 radical (unpaired) electrons. The Bertz CT molecular complexity index is 284. The predicted octanol–water partition coefficient (Wildman–Crippen LogP) is 0.588. The molecule has 0 amide bonds. The molecule has 1 aromatic rings. The lowest BCUT2D eigenvalue weighted by Gasteiger charge is -2.02. The van der Waals surface area contributed by atoms with E-state index in [0.29, 0.717) is 11.7 Å². The molecule has 1 aromatic heterocycles. The van der Waals surface area contributed by atoms with E-state index in [1.807, 2.05) is 0 Å². The third kappa shape index (κ3) is 0.824. The molecule has 58 valence electrons. The number of fused-ring (bicyclic) bond motifs is 1. The number of hydrogen-bond acceptors (Lipinski definition) is 4. The maximum atomic E-state index is 5.67. The van der Waals surface area contributed by atoms with Gasteiger partial charge in [-0.3, -0.25) is 0 Å². The standard InChI is InChI=1S/C7H10N4/c1-4-2-9-7-5(4)6(8)10-3-11-7/h3-4H,2H2,1H3,(H3,8,9,10,11). The molecule has 11 heavy (non-hydrogen) atoms. The fourth-order valence-electron chi connectivity index (χ4n) is 1.39. The average Bonchev–Trinajstić information content (AvgIpc) is 2.34. The second-order valence-corrected chi connectivity index (χ2v) is 2.80. The zero-order chi connectivity index (χ0) is 7.84.